The zero-order valence-corrected chi connectivity index (χ0v) is 27.8. The molecule has 10 nitrogen and oxygen atoms in total. The van der Waals surface area contributed by atoms with E-state index in [1.54, 1.807) is 26.3 Å². The van der Waals surface area contributed by atoms with Crippen molar-refractivity contribution in [3.8, 4) is 5.75 Å². The second-order valence-electron chi connectivity index (χ2n) is 11.2. The van der Waals surface area contributed by atoms with Crippen molar-refractivity contribution in [3.63, 3.8) is 0 Å². The summed E-state index contributed by atoms with van der Waals surface area (Å²) in [6.45, 7) is 12.8. The molecule has 1 aromatic carbocycles. The van der Waals surface area contributed by atoms with Gasteiger partial charge in [0.15, 0.2) is 0 Å². The number of aliphatic imine (C=N–C) groups is 1. The van der Waals surface area contributed by atoms with Crippen LogP contribution in [0.4, 0.5) is 20.0 Å². The van der Waals surface area contributed by atoms with E-state index in [0.717, 1.165) is 37.6 Å². The Hall–Kier alpha value is -3.65. The van der Waals surface area contributed by atoms with E-state index in [2.05, 4.69) is 9.89 Å². The fraction of sp³-hybridized carbons (Fsp3) is 0.485. The van der Waals surface area contributed by atoms with Crippen molar-refractivity contribution in [3.05, 3.63) is 63.5 Å². The van der Waals surface area contributed by atoms with E-state index in [-0.39, 0.29) is 0 Å². The molecule has 2 N–H and O–H groups in total. The maximum atomic E-state index is 14.0. The number of methoxy groups -OCH3 is 1. The fourth-order valence-corrected chi connectivity index (χ4v) is 5.92. The van der Waals surface area contributed by atoms with Gasteiger partial charge in [0.05, 0.1) is 88.6 Å². The number of anilines is 1. The minimum atomic E-state index is -2.64. The summed E-state index contributed by atoms with van der Waals surface area (Å²) in [6.07, 6.45) is 1.61. The number of halogens is 2. The van der Waals surface area contributed by atoms with Crippen LogP contribution in [0.15, 0.2) is 35.3 Å². The molecule has 0 radical (unpaired) electrons. The first-order valence-electron chi connectivity index (χ1n) is 15.5. The van der Waals surface area contributed by atoms with E-state index in [9.17, 15) is 8.63 Å². The predicted octanol–water partition coefficient (Wildman–Crippen LogP) is 3.11. The molecular weight excluding hydrogens is 595 g/mol. The molecule has 3 heterocycles. The minimum Gasteiger partial charge on any atom is -0.495 e. The monoisotopic (exact) mass is 641 g/mol. The van der Waals surface area contributed by atoms with Crippen LogP contribution < -0.4 is 26.1 Å². The summed E-state index contributed by atoms with van der Waals surface area (Å²) in [5, 5.41) is 1.57. The van der Waals surface area contributed by atoms with Gasteiger partial charge in [-0.05, 0) is 68.7 Å². The van der Waals surface area contributed by atoms with Gasteiger partial charge in [-0.2, -0.15) is 0 Å². The molecule has 46 heavy (non-hydrogen) atoms. The lowest BCUT2D eigenvalue weighted by atomic mass is 10.1. The van der Waals surface area contributed by atoms with Crippen LogP contribution in [0.25, 0.3) is 11.3 Å². The van der Waals surface area contributed by atoms with Crippen LogP contribution in [0.2, 0.25) is 0 Å². The van der Waals surface area contributed by atoms with Crippen LogP contribution in [0.5, 0.6) is 5.75 Å². The summed E-state index contributed by atoms with van der Waals surface area (Å²) < 4.78 is 59.3. The van der Waals surface area contributed by atoms with Gasteiger partial charge in [-0.15, -0.1) is 0 Å². The Morgan fingerprint density at radius 3 is 2.04 bits per heavy atom. The molecule has 0 unspecified atom stereocenters. The SMILES string of the molecule is COc1cc(N=C/C(N)=c2/cc(C)/c(=C(\C)c3c(C)cc(C)n3B(F)F)n2C)ccc1N1CCOCCOCCOCCOCC1. The van der Waals surface area contributed by atoms with E-state index in [4.69, 9.17) is 29.4 Å². The predicted molar refractivity (Wildman–Crippen MR) is 179 cm³/mol. The van der Waals surface area contributed by atoms with Gasteiger partial charge >= 0.3 is 7.40 Å². The van der Waals surface area contributed by atoms with E-state index in [1.165, 1.54) is 0 Å². The highest BCUT2D eigenvalue weighted by atomic mass is 19.2. The number of rotatable bonds is 6. The van der Waals surface area contributed by atoms with Gasteiger partial charge in [0.25, 0.3) is 0 Å². The summed E-state index contributed by atoms with van der Waals surface area (Å²) in [5.74, 6) is 0.660. The third kappa shape index (κ3) is 8.58. The highest BCUT2D eigenvalue weighted by molar-refractivity contribution is 6.41. The molecule has 4 rings (SSSR count). The van der Waals surface area contributed by atoms with Crippen LogP contribution in [0, 0.1) is 20.8 Å². The van der Waals surface area contributed by atoms with E-state index in [1.807, 2.05) is 56.7 Å². The molecule has 1 aliphatic rings. The van der Waals surface area contributed by atoms with Gasteiger partial charge in [0.2, 0.25) is 0 Å². The first kappa shape index (κ1) is 35.2. The number of hydrogen-bond donors (Lipinski definition) is 1. The third-order valence-electron chi connectivity index (χ3n) is 8.03. The number of nitrogens with two attached hydrogens (primary N) is 1. The van der Waals surface area contributed by atoms with Crippen LogP contribution >= 0.6 is 0 Å². The smallest absolute Gasteiger partial charge is 0.495 e. The largest absolute Gasteiger partial charge is 0.677 e. The van der Waals surface area contributed by atoms with Crippen molar-refractivity contribution in [1.29, 1.82) is 0 Å². The average molecular weight is 642 g/mol. The zero-order chi connectivity index (χ0) is 33.2. The lowest BCUT2D eigenvalue weighted by molar-refractivity contribution is 0.00206. The first-order chi connectivity index (χ1) is 22.1. The Balaban J connectivity index is 1.60. The van der Waals surface area contributed by atoms with E-state index in [0.29, 0.717) is 94.5 Å². The summed E-state index contributed by atoms with van der Waals surface area (Å²) in [7, 11) is 0.875. The van der Waals surface area contributed by atoms with Crippen LogP contribution in [-0.4, -0.2) is 95.7 Å². The van der Waals surface area contributed by atoms with E-state index >= 15 is 0 Å². The third-order valence-corrected chi connectivity index (χ3v) is 8.03. The molecule has 0 spiro atoms. The molecule has 1 fully saturated rings. The topological polar surface area (TPSA) is 97.6 Å². The molecule has 1 aliphatic heterocycles. The summed E-state index contributed by atoms with van der Waals surface area (Å²) in [5.41, 5.74) is 12.1. The standard InChI is InChI=1S/C33H46BF2N5O5/c1-23-19-25(3)41(34(35)36)33(23)26(4)32-24(2)20-30(39(32)5)28(37)22-38-27-7-8-29(31(21-27)42-6)40-9-11-43-13-15-45-17-18-46-16-14-44-12-10-40/h7-8,19-22H,9-18,37H2,1-6H3/b30-28+,32-26-,38-22?. The Morgan fingerprint density at radius 2 is 1.48 bits per heavy atom. The summed E-state index contributed by atoms with van der Waals surface area (Å²) in [4.78, 5) is 6.80. The molecular formula is C33H46BF2N5O5. The van der Waals surface area contributed by atoms with Crippen LogP contribution in [-0.2, 0) is 26.0 Å². The molecule has 0 amide bonds. The quantitative estimate of drug-likeness (QED) is 0.327. The van der Waals surface area contributed by atoms with Gasteiger partial charge < -0.3 is 43.4 Å². The highest BCUT2D eigenvalue weighted by Crippen LogP contribution is 2.32. The second-order valence-corrected chi connectivity index (χ2v) is 11.2. The van der Waals surface area contributed by atoms with Crippen LogP contribution in [0.1, 0.15) is 29.4 Å². The number of aromatic nitrogens is 2. The maximum Gasteiger partial charge on any atom is 0.677 e. The van der Waals surface area contributed by atoms with Crippen molar-refractivity contribution in [2.75, 3.05) is 78.0 Å². The second kappa shape index (κ2) is 16.8. The summed E-state index contributed by atoms with van der Waals surface area (Å²) >= 11 is 0. The van der Waals surface area contributed by atoms with Crippen molar-refractivity contribution < 1.29 is 32.3 Å². The number of nitrogens with zero attached hydrogens (tertiary/aromatic N) is 4. The minimum absolute atomic E-state index is 0.442. The van der Waals surface area contributed by atoms with Crippen LogP contribution in [0.3, 0.4) is 0 Å². The molecule has 0 saturated carbocycles. The maximum absolute atomic E-state index is 14.0. The zero-order valence-electron chi connectivity index (χ0n) is 27.8. The summed E-state index contributed by atoms with van der Waals surface area (Å²) in [6, 6.07) is 9.47. The number of ether oxygens (including phenoxy) is 5. The Morgan fingerprint density at radius 1 is 0.891 bits per heavy atom. The molecule has 2 aromatic heterocycles. The van der Waals surface area contributed by atoms with E-state index < -0.39 is 7.40 Å². The molecule has 250 valence electrons. The van der Waals surface area contributed by atoms with Crippen molar-refractivity contribution in [2.45, 2.75) is 27.7 Å². The van der Waals surface area contributed by atoms with Gasteiger partial charge in [-0.3, -0.25) is 13.6 Å². The Kier molecular flexibility index (Phi) is 12.8. The molecule has 3 aromatic rings. The fourth-order valence-electron chi connectivity index (χ4n) is 5.92. The first-order valence-corrected chi connectivity index (χ1v) is 15.5. The number of hydrogen-bond acceptors (Lipinski definition) is 8. The van der Waals surface area contributed by atoms with Gasteiger partial charge in [0.1, 0.15) is 5.75 Å². The number of benzene rings is 1. The normalized spacial score (nSPS) is 17.4. The van der Waals surface area contributed by atoms with Gasteiger partial charge in [-0.25, -0.2) is 0 Å². The molecule has 0 aliphatic carbocycles. The highest BCUT2D eigenvalue weighted by Gasteiger charge is 2.25. The number of aryl methyl sites for hydroxylation is 3. The lowest BCUT2D eigenvalue weighted by Crippen LogP contribution is -2.32. The van der Waals surface area contributed by atoms with Gasteiger partial charge in [-0.1, -0.05) is 0 Å². The average Bonchev–Trinajstić information content (AvgIpc) is 3.50. The Bertz CT molecular complexity index is 1600. The lowest BCUT2D eigenvalue weighted by Gasteiger charge is -2.26. The molecule has 0 bridgehead atoms. The van der Waals surface area contributed by atoms with Crippen molar-refractivity contribution in [2.24, 2.45) is 17.8 Å². The van der Waals surface area contributed by atoms with Crippen molar-refractivity contribution in [1.82, 2.24) is 9.05 Å². The van der Waals surface area contributed by atoms with Gasteiger partial charge in [0, 0.05) is 42.9 Å². The molecule has 0 atom stereocenters. The molecule has 1 saturated heterocycles. The Labute approximate surface area is 270 Å². The molecule has 13 heteroatoms. The van der Waals surface area contributed by atoms with Crippen molar-refractivity contribution >= 4 is 36.3 Å².